The molecule has 4 nitrogen and oxygen atoms in total. The van der Waals surface area contributed by atoms with Crippen LogP contribution in [0.1, 0.15) is 30.7 Å². The summed E-state index contributed by atoms with van der Waals surface area (Å²) in [4.78, 5) is 17.5. The van der Waals surface area contributed by atoms with Crippen LogP contribution in [0, 0.1) is 17.2 Å². The van der Waals surface area contributed by atoms with E-state index in [-0.39, 0.29) is 19.4 Å². The van der Waals surface area contributed by atoms with E-state index in [0.717, 1.165) is 33.3 Å². The standard InChI is InChI=1S/C21H20F3N3OS/c22-13-29-15-3-1-14(2-4-15)16-6-9-26-12-19(16)17-5-7-21(23,24)11-18(17)20(28)27-10-8-25/h1-4,6,9,12,17-18H,5,7,10-11,13H2,(H,27,28)/t17-,18-/m1/s1. The first-order valence-electron chi connectivity index (χ1n) is 9.21. The Hall–Kier alpha value is -2.53. The fourth-order valence-electron chi connectivity index (χ4n) is 3.80. The monoisotopic (exact) mass is 419 g/mol. The van der Waals surface area contributed by atoms with E-state index in [1.54, 1.807) is 36.7 Å². The number of nitrogens with zero attached hydrogens (tertiary/aromatic N) is 2. The molecule has 152 valence electrons. The van der Waals surface area contributed by atoms with Gasteiger partial charge in [0, 0.05) is 30.1 Å². The third-order valence-electron chi connectivity index (χ3n) is 5.14. The van der Waals surface area contributed by atoms with Crippen molar-refractivity contribution in [3.8, 4) is 17.2 Å². The highest BCUT2D eigenvalue weighted by Gasteiger charge is 2.45. The fraction of sp³-hybridized carbons (Fsp3) is 0.381. The Morgan fingerprint density at radius 1 is 1.31 bits per heavy atom. The van der Waals surface area contributed by atoms with Crippen LogP contribution in [0.4, 0.5) is 13.2 Å². The molecule has 0 saturated heterocycles. The van der Waals surface area contributed by atoms with Gasteiger partial charge in [-0.05, 0) is 47.2 Å². The van der Waals surface area contributed by atoms with Gasteiger partial charge in [-0.15, -0.1) is 0 Å². The number of nitriles is 1. The summed E-state index contributed by atoms with van der Waals surface area (Å²) in [6.07, 6.45) is 2.52. The molecule has 1 fully saturated rings. The number of benzene rings is 1. The van der Waals surface area contributed by atoms with Gasteiger partial charge in [0.1, 0.15) is 12.6 Å². The van der Waals surface area contributed by atoms with Gasteiger partial charge >= 0.3 is 0 Å². The summed E-state index contributed by atoms with van der Waals surface area (Å²) in [6, 6.07) is 10.4. The molecule has 1 aromatic heterocycles. The third kappa shape index (κ3) is 5.10. The molecule has 1 aliphatic rings. The second-order valence-corrected chi connectivity index (χ2v) is 7.91. The lowest BCUT2D eigenvalue weighted by molar-refractivity contribution is -0.133. The van der Waals surface area contributed by atoms with Gasteiger partial charge in [-0.25, -0.2) is 13.2 Å². The van der Waals surface area contributed by atoms with Crippen molar-refractivity contribution in [3.05, 3.63) is 48.3 Å². The highest BCUT2D eigenvalue weighted by molar-refractivity contribution is 7.99. The molecule has 1 aliphatic carbocycles. The van der Waals surface area contributed by atoms with Crippen molar-refractivity contribution in [1.29, 1.82) is 5.26 Å². The zero-order valence-corrected chi connectivity index (χ0v) is 16.4. The number of amides is 1. The van der Waals surface area contributed by atoms with Gasteiger partial charge in [-0.2, -0.15) is 5.26 Å². The van der Waals surface area contributed by atoms with Gasteiger partial charge in [-0.3, -0.25) is 9.78 Å². The first kappa shape index (κ1) is 21.2. The van der Waals surface area contributed by atoms with Crippen molar-refractivity contribution in [2.24, 2.45) is 5.92 Å². The molecule has 29 heavy (non-hydrogen) atoms. The number of carbonyl (C=O) groups is 1. The number of thioether (sulfide) groups is 1. The molecule has 0 radical (unpaired) electrons. The number of halogens is 3. The number of alkyl halides is 3. The van der Waals surface area contributed by atoms with Crippen molar-refractivity contribution in [1.82, 2.24) is 10.3 Å². The molecule has 1 N–H and O–H groups in total. The molecule has 0 unspecified atom stereocenters. The summed E-state index contributed by atoms with van der Waals surface area (Å²) in [7, 11) is 0. The molecule has 0 bridgehead atoms. The molecular formula is C21H20F3N3OS. The molecule has 0 spiro atoms. The zero-order chi connectivity index (χ0) is 20.9. The average molecular weight is 419 g/mol. The van der Waals surface area contributed by atoms with Crippen LogP contribution in [0.2, 0.25) is 0 Å². The number of carbonyl (C=O) groups excluding carboxylic acids is 1. The van der Waals surface area contributed by atoms with Crippen molar-refractivity contribution in [2.75, 3.05) is 12.6 Å². The summed E-state index contributed by atoms with van der Waals surface area (Å²) >= 11 is 1.08. The van der Waals surface area contributed by atoms with E-state index in [0.29, 0.717) is 0 Å². The van der Waals surface area contributed by atoms with Crippen molar-refractivity contribution in [3.63, 3.8) is 0 Å². The zero-order valence-electron chi connectivity index (χ0n) is 15.6. The van der Waals surface area contributed by atoms with E-state index < -0.39 is 36.1 Å². The van der Waals surface area contributed by atoms with Gasteiger partial charge < -0.3 is 5.32 Å². The molecular weight excluding hydrogens is 399 g/mol. The third-order valence-corrected chi connectivity index (χ3v) is 5.86. The summed E-state index contributed by atoms with van der Waals surface area (Å²) in [5, 5.41) is 11.1. The van der Waals surface area contributed by atoms with Crippen LogP contribution >= 0.6 is 11.8 Å². The first-order valence-corrected chi connectivity index (χ1v) is 10.2. The predicted octanol–water partition coefficient (Wildman–Crippen LogP) is 4.93. The van der Waals surface area contributed by atoms with Gasteiger partial charge in [0.25, 0.3) is 0 Å². The number of aromatic nitrogens is 1. The van der Waals surface area contributed by atoms with E-state index in [1.165, 1.54) is 0 Å². The van der Waals surface area contributed by atoms with Crippen LogP contribution < -0.4 is 5.32 Å². The summed E-state index contributed by atoms with van der Waals surface area (Å²) in [5.74, 6) is -4.84. The molecule has 3 rings (SSSR count). The minimum atomic E-state index is -2.92. The Kier molecular flexibility index (Phi) is 6.80. The minimum absolute atomic E-state index is 0.145. The first-order chi connectivity index (χ1) is 13.9. The van der Waals surface area contributed by atoms with Crippen molar-refractivity contribution >= 4 is 17.7 Å². The Morgan fingerprint density at radius 2 is 2.07 bits per heavy atom. The van der Waals surface area contributed by atoms with E-state index in [1.807, 2.05) is 12.1 Å². The summed E-state index contributed by atoms with van der Waals surface area (Å²) < 4.78 is 40.7. The number of rotatable bonds is 6. The van der Waals surface area contributed by atoms with Crippen LogP contribution in [0.3, 0.4) is 0 Å². The molecule has 1 heterocycles. The predicted molar refractivity (Wildman–Crippen MR) is 105 cm³/mol. The lowest BCUT2D eigenvalue weighted by atomic mass is 9.72. The SMILES string of the molecule is N#CCNC(=O)[C@@H]1CC(F)(F)CC[C@H]1c1cnccc1-c1ccc(SCF)cc1. The smallest absolute Gasteiger partial charge is 0.249 e. The quantitative estimate of drug-likeness (QED) is 0.533. The van der Waals surface area contributed by atoms with Crippen molar-refractivity contribution in [2.45, 2.75) is 36.0 Å². The van der Waals surface area contributed by atoms with Crippen LogP contribution in [0.5, 0.6) is 0 Å². The largest absolute Gasteiger partial charge is 0.343 e. The maximum absolute atomic E-state index is 14.1. The topological polar surface area (TPSA) is 65.8 Å². The molecule has 2 aromatic rings. The Balaban J connectivity index is 1.95. The van der Waals surface area contributed by atoms with Crippen molar-refractivity contribution < 1.29 is 18.0 Å². The fourth-order valence-corrected chi connectivity index (χ4v) is 4.25. The molecule has 8 heteroatoms. The normalized spacial score (nSPS) is 20.6. The maximum atomic E-state index is 14.1. The molecule has 1 saturated carbocycles. The number of pyridine rings is 1. The second kappa shape index (κ2) is 9.31. The van der Waals surface area contributed by atoms with Gasteiger partial charge in [0.15, 0.2) is 0 Å². The Morgan fingerprint density at radius 3 is 2.76 bits per heavy atom. The average Bonchev–Trinajstić information content (AvgIpc) is 2.72. The number of hydrogen-bond donors (Lipinski definition) is 1. The van der Waals surface area contributed by atoms with Gasteiger partial charge in [0.05, 0.1) is 12.0 Å². The summed E-state index contributed by atoms with van der Waals surface area (Å²) in [5.41, 5.74) is 2.38. The summed E-state index contributed by atoms with van der Waals surface area (Å²) in [6.45, 7) is -0.221. The van der Waals surface area contributed by atoms with Gasteiger partial charge in [-0.1, -0.05) is 23.9 Å². The lowest BCUT2D eigenvalue weighted by Gasteiger charge is -2.36. The van der Waals surface area contributed by atoms with E-state index >= 15 is 0 Å². The molecule has 1 amide bonds. The van der Waals surface area contributed by atoms with Crippen LogP contribution in [0.25, 0.3) is 11.1 Å². The highest BCUT2D eigenvalue weighted by Crippen LogP contribution is 2.47. The van der Waals surface area contributed by atoms with Gasteiger partial charge in [0.2, 0.25) is 11.8 Å². The molecule has 2 atom stereocenters. The number of nitrogens with one attached hydrogen (secondary N) is 1. The Bertz CT molecular complexity index is 899. The molecule has 0 aliphatic heterocycles. The Labute approximate surface area is 171 Å². The van der Waals surface area contributed by atoms with E-state index in [4.69, 9.17) is 5.26 Å². The maximum Gasteiger partial charge on any atom is 0.249 e. The molecule has 1 aromatic carbocycles. The minimum Gasteiger partial charge on any atom is -0.343 e. The van der Waals surface area contributed by atoms with Crippen LogP contribution in [0.15, 0.2) is 47.6 Å². The van der Waals surface area contributed by atoms with Crippen LogP contribution in [-0.4, -0.2) is 29.4 Å². The second-order valence-electron chi connectivity index (χ2n) is 6.93. The number of hydrogen-bond acceptors (Lipinski definition) is 4. The lowest BCUT2D eigenvalue weighted by Crippen LogP contribution is -2.41. The highest BCUT2D eigenvalue weighted by atomic mass is 32.2. The van der Waals surface area contributed by atoms with Crippen LogP contribution in [-0.2, 0) is 4.79 Å². The van der Waals surface area contributed by atoms with E-state index in [9.17, 15) is 18.0 Å². The van der Waals surface area contributed by atoms with E-state index in [2.05, 4.69) is 10.3 Å².